The number of nitrogens with zero attached hydrogens (tertiary/aromatic N) is 2. The third-order valence-corrected chi connectivity index (χ3v) is 1.88. The molecule has 0 amide bonds. The predicted octanol–water partition coefficient (Wildman–Crippen LogP) is 0.834. The van der Waals surface area contributed by atoms with Crippen molar-refractivity contribution in [1.29, 1.82) is 0 Å². The lowest BCUT2D eigenvalue weighted by molar-refractivity contribution is 1.10. The van der Waals surface area contributed by atoms with Crippen molar-refractivity contribution >= 4 is 23.5 Å². The Bertz CT molecular complexity index is 241. The van der Waals surface area contributed by atoms with Gasteiger partial charge in [-0.15, -0.1) is 0 Å². The van der Waals surface area contributed by atoms with Crippen LogP contribution in [0.2, 0.25) is 0 Å². The lowest BCUT2D eigenvalue weighted by Gasteiger charge is -2.02. The minimum absolute atomic E-state index is 0.497. The third kappa shape index (κ3) is 2.96. The summed E-state index contributed by atoms with van der Waals surface area (Å²) in [4.78, 5) is 7.99. The predicted molar refractivity (Wildman–Crippen MR) is 53.3 cm³/mol. The largest absolute Gasteiger partial charge is 0.384 e. The van der Waals surface area contributed by atoms with E-state index in [9.17, 15) is 0 Å². The number of anilines is 2. The molecule has 0 fully saturated rings. The van der Waals surface area contributed by atoms with Crippen molar-refractivity contribution in [2.24, 2.45) is 0 Å². The summed E-state index contributed by atoms with van der Waals surface area (Å²) >= 11 is 1.78. The van der Waals surface area contributed by atoms with Crippen molar-refractivity contribution in [3.05, 3.63) is 12.3 Å². The lowest BCUT2D eigenvalue weighted by atomic mass is 10.6. The molecule has 0 aliphatic carbocycles. The van der Waals surface area contributed by atoms with E-state index in [2.05, 4.69) is 21.5 Å². The monoisotopic (exact) mass is 184 g/mol. The summed E-state index contributed by atoms with van der Waals surface area (Å²) in [6, 6.07) is 1.67. The maximum atomic E-state index is 5.47. The number of nitrogen functional groups attached to an aromatic ring is 1. The van der Waals surface area contributed by atoms with E-state index in [4.69, 9.17) is 5.73 Å². The molecule has 0 bridgehead atoms. The van der Waals surface area contributed by atoms with Crippen molar-refractivity contribution in [2.45, 2.75) is 0 Å². The average molecular weight is 184 g/mol. The molecule has 1 aromatic heterocycles. The van der Waals surface area contributed by atoms with Crippen LogP contribution >= 0.6 is 11.8 Å². The Labute approximate surface area is 76.0 Å². The van der Waals surface area contributed by atoms with Crippen LogP contribution in [0.15, 0.2) is 12.3 Å². The first-order valence-electron chi connectivity index (χ1n) is 3.64. The highest BCUT2D eigenvalue weighted by molar-refractivity contribution is 7.98. The number of hydrogen-bond donors (Lipinski definition) is 2. The Balaban J connectivity index is 2.41. The Morgan fingerprint density at radius 2 is 2.50 bits per heavy atom. The summed E-state index contributed by atoms with van der Waals surface area (Å²) < 4.78 is 0. The molecule has 4 nitrogen and oxygen atoms in total. The molecule has 0 aromatic carbocycles. The van der Waals surface area contributed by atoms with Gasteiger partial charge in [0, 0.05) is 18.5 Å². The molecule has 0 radical (unpaired) electrons. The van der Waals surface area contributed by atoms with Crippen molar-refractivity contribution < 1.29 is 0 Å². The van der Waals surface area contributed by atoms with Crippen LogP contribution in [0.1, 0.15) is 0 Å². The fraction of sp³-hybridized carbons (Fsp3) is 0.429. The molecular formula is C7H12N4S. The van der Waals surface area contributed by atoms with Crippen LogP contribution in [0.3, 0.4) is 0 Å². The zero-order valence-electron chi connectivity index (χ0n) is 6.95. The highest BCUT2D eigenvalue weighted by Crippen LogP contribution is 2.00. The fourth-order valence-corrected chi connectivity index (χ4v) is 1.03. The van der Waals surface area contributed by atoms with E-state index in [1.807, 2.05) is 0 Å². The molecule has 1 rings (SSSR count). The van der Waals surface area contributed by atoms with Gasteiger partial charge in [-0.25, -0.2) is 4.98 Å². The maximum absolute atomic E-state index is 5.47. The van der Waals surface area contributed by atoms with Gasteiger partial charge in [-0.05, 0) is 12.3 Å². The molecule has 0 atom stereocenters. The van der Waals surface area contributed by atoms with Crippen molar-refractivity contribution in [3.8, 4) is 0 Å². The summed E-state index contributed by atoms with van der Waals surface area (Å²) in [6.45, 7) is 0.866. The molecule has 12 heavy (non-hydrogen) atoms. The Kier molecular flexibility index (Phi) is 3.66. The molecule has 1 heterocycles. The fourth-order valence-electron chi connectivity index (χ4n) is 0.723. The topological polar surface area (TPSA) is 63.8 Å². The van der Waals surface area contributed by atoms with E-state index >= 15 is 0 Å². The van der Waals surface area contributed by atoms with Crippen molar-refractivity contribution in [2.75, 3.05) is 29.6 Å². The standard InChI is InChI=1S/C7H12N4S/c1-12-5-4-10-7-9-3-2-6(8)11-7/h2-3H,4-5H2,1H3,(H3,8,9,10,11). The van der Waals surface area contributed by atoms with Gasteiger partial charge in [-0.2, -0.15) is 16.7 Å². The van der Waals surface area contributed by atoms with Gasteiger partial charge in [-0.1, -0.05) is 0 Å². The van der Waals surface area contributed by atoms with Crippen LogP contribution in [0.25, 0.3) is 0 Å². The van der Waals surface area contributed by atoms with Crippen LogP contribution in [-0.4, -0.2) is 28.5 Å². The van der Waals surface area contributed by atoms with E-state index in [0.29, 0.717) is 11.8 Å². The van der Waals surface area contributed by atoms with Crippen LogP contribution < -0.4 is 11.1 Å². The molecule has 0 aliphatic heterocycles. The number of aromatic nitrogens is 2. The highest BCUT2D eigenvalue weighted by Gasteiger charge is 1.93. The SMILES string of the molecule is CSCCNc1nccc(N)n1. The summed E-state index contributed by atoms with van der Waals surface area (Å²) in [5.74, 6) is 2.14. The Hall–Kier alpha value is -0.970. The molecule has 0 spiro atoms. The molecular weight excluding hydrogens is 172 g/mol. The minimum Gasteiger partial charge on any atom is -0.384 e. The third-order valence-electron chi connectivity index (χ3n) is 1.27. The number of hydrogen-bond acceptors (Lipinski definition) is 5. The summed E-state index contributed by atoms with van der Waals surface area (Å²) in [5, 5.41) is 3.06. The van der Waals surface area contributed by atoms with Crippen LogP contribution in [0.5, 0.6) is 0 Å². The molecule has 0 unspecified atom stereocenters. The molecule has 3 N–H and O–H groups in total. The van der Waals surface area contributed by atoms with Gasteiger partial charge >= 0.3 is 0 Å². The molecule has 5 heteroatoms. The zero-order chi connectivity index (χ0) is 8.81. The number of nitrogens with one attached hydrogen (secondary N) is 1. The summed E-state index contributed by atoms with van der Waals surface area (Å²) in [5.41, 5.74) is 5.47. The first-order chi connectivity index (χ1) is 5.83. The van der Waals surface area contributed by atoms with Gasteiger partial charge in [0.1, 0.15) is 5.82 Å². The van der Waals surface area contributed by atoms with Crippen LogP contribution in [-0.2, 0) is 0 Å². The number of rotatable bonds is 4. The van der Waals surface area contributed by atoms with E-state index < -0.39 is 0 Å². The maximum Gasteiger partial charge on any atom is 0.224 e. The quantitative estimate of drug-likeness (QED) is 0.679. The summed E-state index contributed by atoms with van der Waals surface area (Å²) in [6.07, 6.45) is 3.70. The normalized spacial score (nSPS) is 9.75. The van der Waals surface area contributed by atoms with Crippen LogP contribution in [0.4, 0.5) is 11.8 Å². The van der Waals surface area contributed by atoms with Gasteiger partial charge in [0.15, 0.2) is 0 Å². The van der Waals surface area contributed by atoms with E-state index in [1.54, 1.807) is 24.0 Å². The number of thioether (sulfide) groups is 1. The van der Waals surface area contributed by atoms with Gasteiger partial charge in [0.25, 0.3) is 0 Å². The molecule has 0 aliphatic rings. The molecule has 0 saturated carbocycles. The van der Waals surface area contributed by atoms with Crippen molar-refractivity contribution in [1.82, 2.24) is 9.97 Å². The smallest absolute Gasteiger partial charge is 0.224 e. The molecule has 66 valence electrons. The second kappa shape index (κ2) is 4.82. The van der Waals surface area contributed by atoms with Crippen LogP contribution in [0, 0.1) is 0 Å². The lowest BCUT2D eigenvalue weighted by Crippen LogP contribution is -2.07. The Morgan fingerprint density at radius 3 is 3.17 bits per heavy atom. The highest BCUT2D eigenvalue weighted by atomic mass is 32.2. The molecule has 1 aromatic rings. The number of nitrogens with two attached hydrogens (primary N) is 1. The minimum atomic E-state index is 0.497. The van der Waals surface area contributed by atoms with Gasteiger partial charge in [0.05, 0.1) is 0 Å². The summed E-state index contributed by atoms with van der Waals surface area (Å²) in [7, 11) is 0. The van der Waals surface area contributed by atoms with Gasteiger partial charge in [-0.3, -0.25) is 0 Å². The second-order valence-electron chi connectivity index (χ2n) is 2.22. The Morgan fingerprint density at radius 1 is 1.67 bits per heavy atom. The van der Waals surface area contributed by atoms with Gasteiger partial charge in [0.2, 0.25) is 5.95 Å². The van der Waals surface area contributed by atoms with Gasteiger partial charge < -0.3 is 11.1 Å². The molecule has 0 saturated heterocycles. The van der Waals surface area contributed by atoms with Crippen molar-refractivity contribution in [3.63, 3.8) is 0 Å². The first kappa shape index (κ1) is 9.12. The van der Waals surface area contributed by atoms with E-state index in [1.165, 1.54) is 0 Å². The van der Waals surface area contributed by atoms with E-state index in [-0.39, 0.29) is 0 Å². The first-order valence-corrected chi connectivity index (χ1v) is 5.03. The zero-order valence-corrected chi connectivity index (χ0v) is 7.77. The average Bonchev–Trinajstić information content (AvgIpc) is 2.05. The second-order valence-corrected chi connectivity index (χ2v) is 3.21. The van der Waals surface area contributed by atoms with E-state index in [0.717, 1.165) is 12.3 Å².